The van der Waals surface area contributed by atoms with E-state index in [4.69, 9.17) is 25.8 Å². The molecule has 0 aliphatic heterocycles. The smallest absolute Gasteiger partial charge is 0.265 e. The van der Waals surface area contributed by atoms with E-state index in [1.165, 1.54) is 7.11 Å². The van der Waals surface area contributed by atoms with Crippen LogP contribution in [0, 0.1) is 0 Å². The number of ether oxygens (including phenoxy) is 3. The average molecular weight is 336 g/mol. The Bertz CT molecular complexity index is 690. The van der Waals surface area contributed by atoms with Crippen molar-refractivity contribution >= 4 is 23.2 Å². The molecular formula is C17H18ClNO4. The standard InChI is InChI=1S/C17H18ClNO4/c1-11(23-14-6-4-5-13(10-14)21-2)17(20)19-15-9-12(18)7-8-16(15)22-3/h4-11H,1-3H3,(H,19,20)/t11-/m0/s1. The molecule has 0 heterocycles. The Kier molecular flexibility index (Phi) is 5.71. The molecule has 1 atom stereocenters. The van der Waals surface area contributed by atoms with Gasteiger partial charge in [0.15, 0.2) is 6.10 Å². The molecule has 122 valence electrons. The van der Waals surface area contributed by atoms with Crippen molar-refractivity contribution in [3.63, 3.8) is 0 Å². The van der Waals surface area contributed by atoms with Gasteiger partial charge in [0.25, 0.3) is 5.91 Å². The SMILES string of the molecule is COc1cccc(O[C@@H](C)C(=O)Nc2cc(Cl)ccc2OC)c1. The van der Waals surface area contributed by atoms with Gasteiger partial charge in [0.1, 0.15) is 17.2 Å². The Morgan fingerprint density at radius 1 is 1.09 bits per heavy atom. The number of nitrogens with one attached hydrogen (secondary N) is 1. The van der Waals surface area contributed by atoms with Crippen molar-refractivity contribution < 1.29 is 19.0 Å². The summed E-state index contributed by atoms with van der Waals surface area (Å²) in [5.74, 6) is 1.42. The number of methoxy groups -OCH3 is 2. The zero-order chi connectivity index (χ0) is 16.8. The van der Waals surface area contributed by atoms with Crippen LogP contribution in [0.15, 0.2) is 42.5 Å². The predicted octanol–water partition coefficient (Wildman–Crippen LogP) is 3.76. The van der Waals surface area contributed by atoms with E-state index in [2.05, 4.69) is 5.32 Å². The van der Waals surface area contributed by atoms with Crippen LogP contribution in [0.4, 0.5) is 5.69 Å². The molecule has 0 fully saturated rings. The highest BCUT2D eigenvalue weighted by Crippen LogP contribution is 2.28. The molecule has 0 spiro atoms. The summed E-state index contributed by atoms with van der Waals surface area (Å²) in [5, 5.41) is 3.25. The molecule has 1 N–H and O–H groups in total. The van der Waals surface area contributed by atoms with Crippen LogP contribution in [0.25, 0.3) is 0 Å². The highest BCUT2D eigenvalue weighted by atomic mass is 35.5. The van der Waals surface area contributed by atoms with Crippen molar-refractivity contribution in [3.05, 3.63) is 47.5 Å². The summed E-state index contributed by atoms with van der Waals surface area (Å²) in [6, 6.07) is 12.1. The molecular weight excluding hydrogens is 318 g/mol. The summed E-state index contributed by atoms with van der Waals surface area (Å²) in [4.78, 5) is 12.3. The van der Waals surface area contributed by atoms with Gasteiger partial charge in [0.2, 0.25) is 0 Å². The summed E-state index contributed by atoms with van der Waals surface area (Å²) in [5.41, 5.74) is 0.492. The Morgan fingerprint density at radius 3 is 2.52 bits per heavy atom. The fourth-order valence-corrected chi connectivity index (χ4v) is 2.12. The first-order valence-corrected chi connectivity index (χ1v) is 7.36. The molecule has 1 amide bonds. The Labute approximate surface area is 140 Å². The van der Waals surface area contributed by atoms with Gasteiger partial charge in [-0.1, -0.05) is 17.7 Å². The van der Waals surface area contributed by atoms with Gasteiger partial charge in [-0.2, -0.15) is 0 Å². The van der Waals surface area contributed by atoms with Crippen LogP contribution in [0.5, 0.6) is 17.2 Å². The monoisotopic (exact) mass is 335 g/mol. The lowest BCUT2D eigenvalue weighted by atomic mass is 10.2. The van der Waals surface area contributed by atoms with Crippen molar-refractivity contribution in [1.82, 2.24) is 0 Å². The molecule has 23 heavy (non-hydrogen) atoms. The largest absolute Gasteiger partial charge is 0.497 e. The second-order valence-electron chi connectivity index (χ2n) is 4.77. The molecule has 0 aliphatic rings. The first-order valence-electron chi connectivity index (χ1n) is 6.98. The third-order valence-electron chi connectivity index (χ3n) is 3.14. The molecule has 0 bridgehead atoms. The first kappa shape index (κ1) is 17.0. The molecule has 0 saturated carbocycles. The van der Waals surface area contributed by atoms with E-state index in [1.54, 1.807) is 56.5 Å². The minimum Gasteiger partial charge on any atom is -0.497 e. The molecule has 0 aliphatic carbocycles. The van der Waals surface area contributed by atoms with Crippen LogP contribution in [0.2, 0.25) is 5.02 Å². The summed E-state index contributed by atoms with van der Waals surface area (Å²) < 4.78 is 16.0. The van der Waals surface area contributed by atoms with Crippen LogP contribution >= 0.6 is 11.6 Å². The molecule has 2 rings (SSSR count). The fraction of sp³-hybridized carbons (Fsp3) is 0.235. The van der Waals surface area contributed by atoms with E-state index in [0.29, 0.717) is 28.0 Å². The minimum atomic E-state index is -0.703. The van der Waals surface area contributed by atoms with E-state index in [9.17, 15) is 4.79 Å². The first-order chi connectivity index (χ1) is 11.0. The van der Waals surface area contributed by atoms with Gasteiger partial charge in [-0.15, -0.1) is 0 Å². The van der Waals surface area contributed by atoms with E-state index < -0.39 is 6.10 Å². The second-order valence-corrected chi connectivity index (χ2v) is 5.21. The van der Waals surface area contributed by atoms with Crippen LogP contribution in [0.1, 0.15) is 6.92 Å². The fourth-order valence-electron chi connectivity index (χ4n) is 1.94. The molecule has 0 saturated heterocycles. The highest BCUT2D eigenvalue weighted by molar-refractivity contribution is 6.31. The van der Waals surface area contributed by atoms with Crippen LogP contribution in [0.3, 0.4) is 0 Å². The third kappa shape index (κ3) is 4.53. The van der Waals surface area contributed by atoms with Crippen molar-refractivity contribution in [2.24, 2.45) is 0 Å². The summed E-state index contributed by atoms with van der Waals surface area (Å²) in [7, 11) is 3.09. The van der Waals surface area contributed by atoms with E-state index in [-0.39, 0.29) is 5.91 Å². The van der Waals surface area contributed by atoms with Gasteiger partial charge in [-0.05, 0) is 37.3 Å². The molecule has 2 aromatic rings. The number of halogens is 1. The maximum absolute atomic E-state index is 12.3. The third-order valence-corrected chi connectivity index (χ3v) is 3.38. The van der Waals surface area contributed by atoms with Crippen LogP contribution in [-0.2, 0) is 4.79 Å². The minimum absolute atomic E-state index is 0.312. The van der Waals surface area contributed by atoms with Gasteiger partial charge in [0.05, 0.1) is 19.9 Å². The quantitative estimate of drug-likeness (QED) is 0.873. The molecule has 6 heteroatoms. The van der Waals surface area contributed by atoms with Gasteiger partial charge in [-0.25, -0.2) is 0 Å². The molecule has 5 nitrogen and oxygen atoms in total. The lowest BCUT2D eigenvalue weighted by molar-refractivity contribution is -0.122. The van der Waals surface area contributed by atoms with Crippen molar-refractivity contribution in [3.8, 4) is 17.2 Å². The highest BCUT2D eigenvalue weighted by Gasteiger charge is 2.17. The van der Waals surface area contributed by atoms with Gasteiger partial charge in [-0.3, -0.25) is 4.79 Å². The lowest BCUT2D eigenvalue weighted by Crippen LogP contribution is -2.30. The summed E-state index contributed by atoms with van der Waals surface area (Å²) >= 11 is 5.95. The molecule has 0 radical (unpaired) electrons. The van der Waals surface area contributed by atoms with Gasteiger partial charge in [0, 0.05) is 11.1 Å². The van der Waals surface area contributed by atoms with E-state index in [0.717, 1.165) is 0 Å². The summed E-state index contributed by atoms with van der Waals surface area (Å²) in [6.07, 6.45) is -0.703. The Balaban J connectivity index is 2.06. The topological polar surface area (TPSA) is 56.8 Å². The summed E-state index contributed by atoms with van der Waals surface area (Å²) in [6.45, 7) is 1.66. The number of carbonyl (C=O) groups excluding carboxylic acids is 1. The van der Waals surface area contributed by atoms with E-state index >= 15 is 0 Å². The number of hydrogen-bond donors (Lipinski definition) is 1. The normalized spacial score (nSPS) is 11.5. The lowest BCUT2D eigenvalue weighted by Gasteiger charge is -2.16. The Morgan fingerprint density at radius 2 is 1.83 bits per heavy atom. The number of rotatable bonds is 6. The number of benzene rings is 2. The van der Waals surface area contributed by atoms with Crippen molar-refractivity contribution in [2.45, 2.75) is 13.0 Å². The van der Waals surface area contributed by atoms with E-state index in [1.807, 2.05) is 0 Å². The number of carbonyl (C=O) groups is 1. The average Bonchev–Trinajstić information content (AvgIpc) is 2.55. The zero-order valence-corrected chi connectivity index (χ0v) is 13.9. The maximum atomic E-state index is 12.3. The van der Waals surface area contributed by atoms with Gasteiger partial charge < -0.3 is 19.5 Å². The second kappa shape index (κ2) is 7.74. The van der Waals surface area contributed by atoms with Crippen LogP contribution in [-0.4, -0.2) is 26.2 Å². The predicted molar refractivity (Wildman–Crippen MR) is 89.7 cm³/mol. The number of anilines is 1. The van der Waals surface area contributed by atoms with Gasteiger partial charge >= 0.3 is 0 Å². The van der Waals surface area contributed by atoms with Crippen molar-refractivity contribution in [2.75, 3.05) is 19.5 Å². The van der Waals surface area contributed by atoms with Crippen LogP contribution < -0.4 is 19.5 Å². The zero-order valence-electron chi connectivity index (χ0n) is 13.1. The molecule has 0 aromatic heterocycles. The molecule has 2 aromatic carbocycles. The number of hydrogen-bond acceptors (Lipinski definition) is 4. The molecule has 0 unspecified atom stereocenters. The number of amides is 1. The van der Waals surface area contributed by atoms with Crippen molar-refractivity contribution in [1.29, 1.82) is 0 Å². The maximum Gasteiger partial charge on any atom is 0.265 e. The Hall–Kier alpha value is -2.40.